The van der Waals surface area contributed by atoms with Crippen LogP contribution in [0.5, 0.6) is 0 Å². The van der Waals surface area contributed by atoms with Crippen LogP contribution in [0.25, 0.3) is 0 Å². The average Bonchev–Trinajstić information content (AvgIpc) is 2.58. The van der Waals surface area contributed by atoms with Crippen LogP contribution in [-0.2, 0) is 0 Å². The molecule has 0 radical (unpaired) electrons. The van der Waals surface area contributed by atoms with E-state index in [0.717, 1.165) is 18.7 Å². The number of nitrogens with zero attached hydrogens (tertiary/aromatic N) is 3. The van der Waals surface area contributed by atoms with Gasteiger partial charge in [-0.05, 0) is 43.7 Å². The molecule has 120 valence electrons. The fourth-order valence-electron chi connectivity index (χ4n) is 2.20. The van der Waals surface area contributed by atoms with E-state index in [2.05, 4.69) is 41.4 Å². The van der Waals surface area contributed by atoms with Crippen LogP contribution < -0.4 is 10.3 Å². The molecule has 2 aromatic carbocycles. The van der Waals surface area contributed by atoms with Crippen LogP contribution in [-0.4, -0.2) is 24.2 Å². The first-order chi connectivity index (χ1) is 11.1. The topological polar surface area (TPSA) is 70.8 Å². The Kier molecular flexibility index (Phi) is 5.68. The smallest absolute Gasteiger partial charge is 0.269 e. The highest BCUT2D eigenvalue weighted by atomic mass is 16.6. The van der Waals surface area contributed by atoms with Crippen molar-refractivity contribution in [1.29, 1.82) is 0 Å². The minimum absolute atomic E-state index is 0.0616. The van der Waals surface area contributed by atoms with Crippen molar-refractivity contribution in [2.24, 2.45) is 5.10 Å². The Morgan fingerprint density at radius 2 is 1.70 bits per heavy atom. The molecule has 0 atom stereocenters. The molecule has 0 amide bonds. The normalized spacial score (nSPS) is 10.7. The van der Waals surface area contributed by atoms with Gasteiger partial charge in [0.2, 0.25) is 0 Å². The first-order valence-corrected chi connectivity index (χ1v) is 7.52. The first-order valence-electron chi connectivity index (χ1n) is 7.52. The summed E-state index contributed by atoms with van der Waals surface area (Å²) in [5, 5.41) is 14.7. The largest absolute Gasteiger partial charge is 0.372 e. The summed E-state index contributed by atoms with van der Waals surface area (Å²) in [4.78, 5) is 12.4. The molecule has 23 heavy (non-hydrogen) atoms. The molecule has 0 saturated carbocycles. The summed E-state index contributed by atoms with van der Waals surface area (Å²) in [7, 11) is 0. The van der Waals surface area contributed by atoms with Gasteiger partial charge in [-0.15, -0.1) is 0 Å². The van der Waals surface area contributed by atoms with Gasteiger partial charge in [-0.25, -0.2) is 0 Å². The number of rotatable bonds is 7. The van der Waals surface area contributed by atoms with E-state index >= 15 is 0 Å². The van der Waals surface area contributed by atoms with Crippen LogP contribution >= 0.6 is 0 Å². The molecule has 0 aromatic heterocycles. The van der Waals surface area contributed by atoms with E-state index in [1.54, 1.807) is 18.3 Å². The van der Waals surface area contributed by atoms with Gasteiger partial charge in [0, 0.05) is 30.9 Å². The maximum absolute atomic E-state index is 10.6. The van der Waals surface area contributed by atoms with E-state index < -0.39 is 4.92 Å². The molecule has 6 nitrogen and oxygen atoms in total. The quantitative estimate of drug-likeness (QED) is 0.478. The number of hydrazone groups is 1. The molecule has 0 bridgehead atoms. The van der Waals surface area contributed by atoms with Crippen LogP contribution in [0.1, 0.15) is 19.4 Å². The third kappa shape index (κ3) is 4.54. The Morgan fingerprint density at radius 1 is 1.09 bits per heavy atom. The Balaban J connectivity index is 1.96. The zero-order chi connectivity index (χ0) is 16.7. The molecular weight excluding hydrogens is 292 g/mol. The molecule has 0 saturated heterocycles. The SMILES string of the molecule is CCN(CC)c1ccc(C=NNc2ccc([N+](=O)[O-])cc2)cc1. The van der Waals surface area contributed by atoms with Crippen molar-refractivity contribution < 1.29 is 4.92 Å². The van der Waals surface area contributed by atoms with Crippen molar-refractivity contribution in [3.8, 4) is 0 Å². The number of benzene rings is 2. The highest BCUT2D eigenvalue weighted by Crippen LogP contribution is 2.16. The summed E-state index contributed by atoms with van der Waals surface area (Å²) in [6.07, 6.45) is 1.72. The molecule has 0 spiro atoms. The van der Waals surface area contributed by atoms with E-state index in [4.69, 9.17) is 0 Å². The molecule has 2 rings (SSSR count). The van der Waals surface area contributed by atoms with Gasteiger partial charge in [-0.3, -0.25) is 15.5 Å². The molecular formula is C17H20N4O2. The lowest BCUT2D eigenvalue weighted by molar-refractivity contribution is -0.384. The van der Waals surface area contributed by atoms with Gasteiger partial charge < -0.3 is 4.90 Å². The van der Waals surface area contributed by atoms with Crippen LogP contribution in [0.4, 0.5) is 17.1 Å². The molecule has 0 heterocycles. The molecule has 0 aliphatic rings. The van der Waals surface area contributed by atoms with E-state index in [9.17, 15) is 10.1 Å². The van der Waals surface area contributed by atoms with Crippen molar-refractivity contribution in [3.63, 3.8) is 0 Å². The van der Waals surface area contributed by atoms with Crippen molar-refractivity contribution in [1.82, 2.24) is 0 Å². The Bertz CT molecular complexity index is 662. The van der Waals surface area contributed by atoms with Crippen LogP contribution in [0, 0.1) is 10.1 Å². The maximum atomic E-state index is 10.6. The average molecular weight is 312 g/mol. The third-order valence-electron chi connectivity index (χ3n) is 3.51. The number of nitro benzene ring substituents is 1. The molecule has 0 unspecified atom stereocenters. The minimum atomic E-state index is -0.426. The van der Waals surface area contributed by atoms with E-state index in [1.165, 1.54) is 17.8 Å². The second-order valence-electron chi connectivity index (χ2n) is 4.94. The predicted octanol–water partition coefficient (Wildman–Crippen LogP) is 3.89. The highest BCUT2D eigenvalue weighted by Gasteiger charge is 2.03. The van der Waals surface area contributed by atoms with Crippen molar-refractivity contribution in [2.45, 2.75) is 13.8 Å². The number of non-ortho nitro benzene ring substituents is 1. The number of nitrogens with one attached hydrogen (secondary N) is 1. The van der Waals surface area contributed by atoms with Gasteiger partial charge in [0.15, 0.2) is 0 Å². The lowest BCUT2D eigenvalue weighted by Crippen LogP contribution is -2.21. The summed E-state index contributed by atoms with van der Waals surface area (Å²) in [6, 6.07) is 14.3. The molecule has 0 fully saturated rings. The van der Waals surface area contributed by atoms with Crippen LogP contribution in [0.3, 0.4) is 0 Å². The number of anilines is 2. The Labute approximate surface area is 135 Å². The van der Waals surface area contributed by atoms with Crippen molar-refractivity contribution in [2.75, 3.05) is 23.4 Å². The number of nitro groups is 1. The highest BCUT2D eigenvalue weighted by molar-refractivity contribution is 5.81. The van der Waals surface area contributed by atoms with Crippen LogP contribution in [0.15, 0.2) is 53.6 Å². The minimum Gasteiger partial charge on any atom is -0.372 e. The summed E-state index contributed by atoms with van der Waals surface area (Å²) in [6.45, 7) is 6.22. The molecule has 2 aromatic rings. The number of hydrogen-bond donors (Lipinski definition) is 1. The molecule has 0 aliphatic carbocycles. The van der Waals surface area contributed by atoms with Gasteiger partial charge in [0.1, 0.15) is 0 Å². The van der Waals surface area contributed by atoms with E-state index in [1.807, 2.05) is 12.1 Å². The van der Waals surface area contributed by atoms with Crippen LogP contribution in [0.2, 0.25) is 0 Å². The summed E-state index contributed by atoms with van der Waals surface area (Å²) in [5.74, 6) is 0. The van der Waals surface area contributed by atoms with Gasteiger partial charge >= 0.3 is 0 Å². The zero-order valence-electron chi connectivity index (χ0n) is 13.3. The second kappa shape index (κ2) is 7.93. The zero-order valence-corrected chi connectivity index (χ0v) is 13.3. The maximum Gasteiger partial charge on any atom is 0.269 e. The summed E-state index contributed by atoms with van der Waals surface area (Å²) in [5.41, 5.74) is 5.79. The monoisotopic (exact) mass is 312 g/mol. The molecule has 6 heteroatoms. The Morgan fingerprint density at radius 3 is 2.22 bits per heavy atom. The standard InChI is InChI=1S/C17H20N4O2/c1-3-20(4-2)16-9-5-14(6-10-16)13-18-19-15-7-11-17(12-8-15)21(22)23/h5-13,19H,3-4H2,1-2H3. The van der Waals surface area contributed by atoms with Crippen molar-refractivity contribution in [3.05, 3.63) is 64.2 Å². The lowest BCUT2D eigenvalue weighted by Gasteiger charge is -2.20. The van der Waals surface area contributed by atoms with E-state index in [-0.39, 0.29) is 5.69 Å². The Hall–Kier alpha value is -2.89. The fourth-order valence-corrected chi connectivity index (χ4v) is 2.20. The van der Waals surface area contributed by atoms with Gasteiger partial charge in [0.25, 0.3) is 5.69 Å². The third-order valence-corrected chi connectivity index (χ3v) is 3.51. The second-order valence-corrected chi connectivity index (χ2v) is 4.94. The van der Waals surface area contributed by atoms with Crippen molar-refractivity contribution >= 4 is 23.3 Å². The molecule has 1 N–H and O–H groups in total. The fraction of sp³-hybridized carbons (Fsp3) is 0.235. The molecule has 0 aliphatic heterocycles. The first kappa shape index (κ1) is 16.5. The van der Waals surface area contributed by atoms with Gasteiger partial charge in [-0.1, -0.05) is 12.1 Å². The lowest BCUT2D eigenvalue weighted by atomic mass is 10.2. The van der Waals surface area contributed by atoms with E-state index in [0.29, 0.717) is 5.69 Å². The summed E-state index contributed by atoms with van der Waals surface area (Å²) < 4.78 is 0. The van der Waals surface area contributed by atoms with Gasteiger partial charge in [0.05, 0.1) is 16.8 Å². The number of hydrogen-bond acceptors (Lipinski definition) is 5. The predicted molar refractivity (Wildman–Crippen MR) is 94.3 cm³/mol. The summed E-state index contributed by atoms with van der Waals surface area (Å²) >= 11 is 0. The van der Waals surface area contributed by atoms with Gasteiger partial charge in [-0.2, -0.15) is 5.10 Å².